The van der Waals surface area contributed by atoms with Crippen molar-refractivity contribution in [2.24, 2.45) is 11.8 Å². The van der Waals surface area contributed by atoms with E-state index in [1.165, 1.54) is 5.38 Å². The summed E-state index contributed by atoms with van der Waals surface area (Å²) < 4.78 is 0. The van der Waals surface area contributed by atoms with Crippen molar-refractivity contribution in [2.45, 2.75) is 117 Å². The maximum absolute atomic E-state index is 14.2. The SMILES string of the molecule is CCCCCCN(C(=O)[C@@H](NC(=O)[C@H]1CCCCN1)[C@@H](C)CC)[C@H](C[C@@H](O)c1nc(C(=O)O)cs1)C(C)C. The third-order valence-corrected chi connectivity index (χ3v) is 8.55. The van der Waals surface area contributed by atoms with Gasteiger partial charge in [-0.25, -0.2) is 9.78 Å². The van der Waals surface area contributed by atoms with Gasteiger partial charge in [-0.05, 0) is 37.6 Å². The van der Waals surface area contributed by atoms with E-state index >= 15 is 0 Å². The van der Waals surface area contributed by atoms with Gasteiger partial charge in [-0.3, -0.25) is 9.59 Å². The Balaban J connectivity index is 2.30. The molecular weight excluding hydrogens is 504 g/mol. The minimum Gasteiger partial charge on any atom is -0.476 e. The lowest BCUT2D eigenvalue weighted by Crippen LogP contribution is -2.58. The molecule has 38 heavy (non-hydrogen) atoms. The van der Waals surface area contributed by atoms with Gasteiger partial charge in [-0.15, -0.1) is 11.3 Å². The third-order valence-electron chi connectivity index (χ3n) is 7.60. The van der Waals surface area contributed by atoms with E-state index in [2.05, 4.69) is 22.5 Å². The van der Waals surface area contributed by atoms with Gasteiger partial charge in [0.15, 0.2) is 5.69 Å². The molecule has 0 unspecified atom stereocenters. The maximum atomic E-state index is 14.2. The number of carbonyl (C=O) groups excluding carboxylic acids is 2. The molecule has 1 aromatic heterocycles. The highest BCUT2D eigenvalue weighted by molar-refractivity contribution is 7.09. The molecule has 5 atom stereocenters. The summed E-state index contributed by atoms with van der Waals surface area (Å²) >= 11 is 1.11. The Morgan fingerprint density at radius 3 is 2.47 bits per heavy atom. The van der Waals surface area contributed by atoms with Crippen molar-refractivity contribution in [1.29, 1.82) is 0 Å². The van der Waals surface area contributed by atoms with Crippen molar-refractivity contribution in [3.63, 3.8) is 0 Å². The van der Waals surface area contributed by atoms with Crippen molar-refractivity contribution < 1.29 is 24.6 Å². The number of carboxylic acids is 1. The number of nitrogens with zero attached hydrogens (tertiary/aromatic N) is 2. The molecule has 1 aliphatic rings. The first-order chi connectivity index (χ1) is 18.1. The van der Waals surface area contributed by atoms with Gasteiger partial charge in [0, 0.05) is 24.4 Å². The first kappa shape index (κ1) is 32.2. The second-order valence-corrected chi connectivity index (χ2v) is 11.8. The zero-order valence-electron chi connectivity index (χ0n) is 23.7. The number of rotatable bonds is 16. The normalized spacial score (nSPS) is 19.0. The molecule has 2 amide bonds. The number of aromatic nitrogens is 1. The molecule has 0 aliphatic carbocycles. The number of thiazole rings is 1. The minimum atomic E-state index is -1.13. The van der Waals surface area contributed by atoms with Gasteiger partial charge in [0.2, 0.25) is 11.8 Å². The van der Waals surface area contributed by atoms with E-state index in [0.717, 1.165) is 69.2 Å². The van der Waals surface area contributed by atoms with Crippen LogP contribution in [0, 0.1) is 11.8 Å². The van der Waals surface area contributed by atoms with Crippen LogP contribution in [0.3, 0.4) is 0 Å². The highest BCUT2D eigenvalue weighted by atomic mass is 32.1. The molecule has 0 saturated carbocycles. The van der Waals surface area contributed by atoms with Crippen LogP contribution in [0.5, 0.6) is 0 Å². The number of piperidine rings is 1. The van der Waals surface area contributed by atoms with Crippen molar-refractivity contribution in [3.8, 4) is 0 Å². The average Bonchev–Trinajstić information content (AvgIpc) is 3.41. The number of hydrogen-bond acceptors (Lipinski definition) is 7. The van der Waals surface area contributed by atoms with E-state index in [1.807, 2.05) is 32.6 Å². The number of aromatic carboxylic acids is 1. The Labute approximate surface area is 231 Å². The lowest BCUT2D eigenvalue weighted by Gasteiger charge is -2.39. The quantitative estimate of drug-likeness (QED) is 0.224. The van der Waals surface area contributed by atoms with Crippen LogP contribution in [0.4, 0.5) is 0 Å². The van der Waals surface area contributed by atoms with Crippen LogP contribution < -0.4 is 10.6 Å². The highest BCUT2D eigenvalue weighted by Gasteiger charge is 2.37. The smallest absolute Gasteiger partial charge is 0.355 e. The molecule has 0 radical (unpaired) electrons. The largest absolute Gasteiger partial charge is 0.476 e. The summed E-state index contributed by atoms with van der Waals surface area (Å²) in [6, 6.07) is -1.23. The molecule has 10 heteroatoms. The molecule has 216 valence electrons. The van der Waals surface area contributed by atoms with Gasteiger partial charge in [-0.2, -0.15) is 0 Å². The fourth-order valence-corrected chi connectivity index (χ4v) is 5.76. The zero-order chi connectivity index (χ0) is 28.2. The van der Waals surface area contributed by atoms with Crippen LogP contribution in [0.1, 0.15) is 114 Å². The first-order valence-corrected chi connectivity index (χ1v) is 15.2. The van der Waals surface area contributed by atoms with Crippen LogP contribution in [-0.4, -0.2) is 69.1 Å². The van der Waals surface area contributed by atoms with E-state index in [1.54, 1.807) is 0 Å². The molecule has 4 N–H and O–H groups in total. The summed E-state index contributed by atoms with van der Waals surface area (Å²) in [4.78, 5) is 44.6. The average molecular weight is 553 g/mol. The fourth-order valence-electron chi connectivity index (χ4n) is 4.97. The molecule has 0 aromatic carbocycles. The lowest BCUT2D eigenvalue weighted by atomic mass is 9.92. The standard InChI is InChI=1S/C28H48N4O5S/c1-6-8-9-12-15-32(22(18(3)4)16-23(33)26-30-21(17-38-26)28(36)37)27(35)24(19(5)7-2)31-25(34)20-13-10-11-14-29-20/h17-20,22-24,29,33H,6-16H2,1-5H3,(H,31,34)(H,36,37)/t19-,20+,22+,23+,24-/m0/s1. The third kappa shape index (κ3) is 9.31. The zero-order valence-corrected chi connectivity index (χ0v) is 24.6. The Kier molecular flexibility index (Phi) is 13.7. The molecule has 2 rings (SSSR count). The highest BCUT2D eigenvalue weighted by Crippen LogP contribution is 2.29. The number of unbranched alkanes of at least 4 members (excludes halogenated alkanes) is 3. The van der Waals surface area contributed by atoms with Gasteiger partial charge >= 0.3 is 5.97 Å². The first-order valence-electron chi connectivity index (χ1n) is 14.3. The summed E-state index contributed by atoms with van der Waals surface area (Å²) in [5.41, 5.74) is -0.0893. The number of aliphatic hydroxyl groups is 1. The van der Waals surface area contributed by atoms with E-state index in [9.17, 15) is 24.6 Å². The lowest BCUT2D eigenvalue weighted by molar-refractivity contribution is -0.142. The van der Waals surface area contributed by atoms with Crippen LogP contribution in [-0.2, 0) is 9.59 Å². The molecule has 1 saturated heterocycles. The summed E-state index contributed by atoms with van der Waals surface area (Å²) in [5, 5.41) is 28.4. The summed E-state index contributed by atoms with van der Waals surface area (Å²) in [6.45, 7) is 11.5. The number of hydrogen-bond donors (Lipinski definition) is 4. The van der Waals surface area contributed by atoms with Crippen molar-refractivity contribution in [3.05, 3.63) is 16.1 Å². The fraction of sp³-hybridized carbons (Fsp3) is 0.786. The van der Waals surface area contributed by atoms with Crippen LogP contribution in [0.2, 0.25) is 0 Å². The van der Waals surface area contributed by atoms with Crippen LogP contribution >= 0.6 is 11.3 Å². The Morgan fingerprint density at radius 1 is 1.18 bits per heavy atom. The Morgan fingerprint density at radius 2 is 1.92 bits per heavy atom. The number of amides is 2. The van der Waals surface area contributed by atoms with Gasteiger partial charge < -0.3 is 25.7 Å². The van der Waals surface area contributed by atoms with E-state index in [0.29, 0.717) is 11.6 Å². The number of carboxylic acid groups (broad SMARTS) is 1. The van der Waals surface area contributed by atoms with Crippen molar-refractivity contribution >= 4 is 29.1 Å². The van der Waals surface area contributed by atoms with Gasteiger partial charge in [0.25, 0.3) is 0 Å². The minimum absolute atomic E-state index is 0.0342. The Hall–Kier alpha value is -2.04. The van der Waals surface area contributed by atoms with Gasteiger partial charge in [0.05, 0.1) is 6.04 Å². The second-order valence-electron chi connectivity index (χ2n) is 10.9. The number of carbonyl (C=O) groups is 3. The molecule has 0 bridgehead atoms. The van der Waals surface area contributed by atoms with Crippen molar-refractivity contribution in [2.75, 3.05) is 13.1 Å². The summed E-state index contributed by atoms with van der Waals surface area (Å²) in [5.74, 6) is -1.39. The van der Waals surface area contributed by atoms with Crippen LogP contribution in [0.25, 0.3) is 0 Å². The monoisotopic (exact) mass is 552 g/mol. The molecular formula is C28H48N4O5S. The summed E-state index contributed by atoms with van der Waals surface area (Å²) in [7, 11) is 0. The van der Waals surface area contributed by atoms with Gasteiger partial charge in [-0.1, -0.05) is 66.7 Å². The maximum Gasteiger partial charge on any atom is 0.355 e. The molecule has 0 spiro atoms. The van der Waals surface area contributed by atoms with E-state index < -0.39 is 18.1 Å². The second kappa shape index (κ2) is 16.2. The predicted molar refractivity (Wildman–Crippen MR) is 150 cm³/mol. The molecule has 1 aromatic rings. The summed E-state index contributed by atoms with van der Waals surface area (Å²) in [6.07, 6.45) is 6.79. The molecule has 2 heterocycles. The molecule has 9 nitrogen and oxygen atoms in total. The molecule has 1 fully saturated rings. The van der Waals surface area contributed by atoms with Crippen LogP contribution in [0.15, 0.2) is 5.38 Å². The molecule has 1 aliphatic heterocycles. The number of aliphatic hydroxyl groups excluding tert-OH is 1. The van der Waals surface area contributed by atoms with E-state index in [4.69, 9.17) is 0 Å². The van der Waals surface area contributed by atoms with Gasteiger partial charge in [0.1, 0.15) is 17.2 Å². The Bertz CT molecular complexity index is 886. The topological polar surface area (TPSA) is 132 Å². The van der Waals surface area contributed by atoms with E-state index in [-0.39, 0.29) is 47.8 Å². The number of nitrogens with one attached hydrogen (secondary N) is 2. The predicted octanol–water partition coefficient (Wildman–Crippen LogP) is 4.37. The van der Waals surface area contributed by atoms with Crippen molar-refractivity contribution in [1.82, 2.24) is 20.5 Å².